The van der Waals surface area contributed by atoms with E-state index in [1.54, 1.807) is 0 Å². The Kier molecular flexibility index (Phi) is 1.42. The van der Waals surface area contributed by atoms with E-state index >= 15 is 0 Å². The maximum Gasteiger partial charge on any atom is 0.0530 e. The molecule has 1 heteroatoms. The van der Waals surface area contributed by atoms with Crippen molar-refractivity contribution >= 4 is 11.6 Å². The molecule has 0 N–H and O–H groups in total. The summed E-state index contributed by atoms with van der Waals surface area (Å²) in [5, 5.41) is 0.259. The summed E-state index contributed by atoms with van der Waals surface area (Å²) in [4.78, 5) is 0. The Morgan fingerprint density at radius 2 is 1.30 bits per heavy atom. The normalized spacial score (nSPS) is 42.3. The Morgan fingerprint density at radius 3 is 1.80 bits per heavy atom. The van der Waals surface area contributed by atoms with Crippen LogP contribution in [-0.2, 0) is 0 Å². The van der Waals surface area contributed by atoms with Gasteiger partial charge in [-0.3, -0.25) is 0 Å². The van der Waals surface area contributed by atoms with Crippen LogP contribution in [-0.4, -0.2) is 5.38 Å². The molecule has 2 aliphatic rings. The quantitative estimate of drug-likeness (QED) is 0.370. The molecule has 0 radical (unpaired) electrons. The van der Waals surface area contributed by atoms with Gasteiger partial charge >= 0.3 is 0 Å². The van der Waals surface area contributed by atoms with E-state index in [9.17, 15) is 0 Å². The van der Waals surface area contributed by atoms with Crippen molar-refractivity contribution in [2.75, 3.05) is 0 Å². The Bertz CT molecular complexity index is 191. The number of fused-ring (bicyclic) bond motifs is 2. The van der Waals surface area contributed by atoms with Crippen LogP contribution in [0.4, 0.5) is 0 Å². The fourth-order valence-electron chi connectivity index (χ4n) is 1.45. The van der Waals surface area contributed by atoms with Crippen LogP contribution >= 0.6 is 11.6 Å². The van der Waals surface area contributed by atoms with Crippen LogP contribution < -0.4 is 0 Å². The minimum atomic E-state index is 0.259. The molecule has 0 nitrogen and oxygen atoms in total. The highest BCUT2D eigenvalue weighted by molar-refractivity contribution is 6.21. The van der Waals surface area contributed by atoms with Crippen LogP contribution in [0.25, 0.3) is 0 Å². The molecule has 2 atom stereocenters. The lowest BCUT2D eigenvalue weighted by Crippen LogP contribution is -2.11. The maximum absolute atomic E-state index is 6.12. The second-order valence-corrected chi connectivity index (χ2v) is 3.26. The largest absolute Gasteiger partial charge is 0.121 e. The molecule has 0 amide bonds. The zero-order valence-electron chi connectivity index (χ0n) is 5.57. The first-order chi connectivity index (χ1) is 4.88. The lowest BCUT2D eigenvalue weighted by atomic mass is 10.0. The van der Waals surface area contributed by atoms with Gasteiger partial charge in [-0.1, -0.05) is 36.5 Å². The maximum atomic E-state index is 6.12. The molecule has 0 saturated heterocycles. The molecule has 2 bridgehead atoms. The SMILES string of the molecule is ClC1C2C=CC=CC1C=C2. The molecule has 0 aromatic carbocycles. The van der Waals surface area contributed by atoms with Gasteiger partial charge in [0, 0.05) is 11.8 Å². The van der Waals surface area contributed by atoms with Crippen molar-refractivity contribution in [3.8, 4) is 0 Å². The van der Waals surface area contributed by atoms with E-state index in [0.29, 0.717) is 11.8 Å². The fourth-order valence-corrected chi connectivity index (χ4v) is 1.79. The topological polar surface area (TPSA) is 0 Å². The zero-order chi connectivity index (χ0) is 6.97. The molecular formula is C9H9Cl. The van der Waals surface area contributed by atoms with Crippen molar-refractivity contribution in [1.29, 1.82) is 0 Å². The van der Waals surface area contributed by atoms with Crippen LogP contribution in [0.1, 0.15) is 0 Å². The Balaban J connectivity index is 2.35. The van der Waals surface area contributed by atoms with Crippen LogP contribution in [0.2, 0.25) is 0 Å². The summed E-state index contributed by atoms with van der Waals surface area (Å²) >= 11 is 6.12. The Labute approximate surface area is 65.9 Å². The average Bonchev–Trinajstić information content (AvgIpc) is 2.06. The second-order valence-electron chi connectivity index (χ2n) is 2.75. The van der Waals surface area contributed by atoms with Gasteiger partial charge in [0.25, 0.3) is 0 Å². The number of rotatable bonds is 0. The first-order valence-electron chi connectivity index (χ1n) is 3.55. The van der Waals surface area contributed by atoms with Crippen LogP contribution in [0.5, 0.6) is 0 Å². The van der Waals surface area contributed by atoms with Gasteiger partial charge in [-0.25, -0.2) is 0 Å². The number of allylic oxidation sites excluding steroid dienone is 6. The fraction of sp³-hybridized carbons (Fsp3) is 0.333. The average molecular weight is 153 g/mol. The van der Waals surface area contributed by atoms with E-state index in [0.717, 1.165) is 0 Å². The predicted molar refractivity (Wildman–Crippen MR) is 44.0 cm³/mol. The monoisotopic (exact) mass is 152 g/mol. The van der Waals surface area contributed by atoms with Gasteiger partial charge in [0.2, 0.25) is 0 Å². The van der Waals surface area contributed by atoms with Gasteiger partial charge in [0.15, 0.2) is 0 Å². The summed E-state index contributed by atoms with van der Waals surface area (Å²) in [6.07, 6.45) is 12.8. The highest BCUT2D eigenvalue weighted by Crippen LogP contribution is 2.32. The van der Waals surface area contributed by atoms with E-state index < -0.39 is 0 Å². The molecule has 0 aromatic rings. The molecule has 52 valence electrons. The summed E-state index contributed by atoms with van der Waals surface area (Å²) in [6.45, 7) is 0. The molecule has 10 heavy (non-hydrogen) atoms. The third-order valence-electron chi connectivity index (χ3n) is 2.07. The number of hydrogen-bond donors (Lipinski definition) is 0. The molecular weight excluding hydrogens is 144 g/mol. The highest BCUT2D eigenvalue weighted by atomic mass is 35.5. The van der Waals surface area contributed by atoms with E-state index in [1.807, 2.05) is 0 Å². The summed E-state index contributed by atoms with van der Waals surface area (Å²) < 4.78 is 0. The minimum absolute atomic E-state index is 0.259. The molecule has 0 saturated carbocycles. The van der Waals surface area contributed by atoms with E-state index in [2.05, 4.69) is 36.5 Å². The van der Waals surface area contributed by atoms with Gasteiger partial charge in [-0.15, -0.1) is 11.6 Å². The lowest BCUT2D eigenvalue weighted by Gasteiger charge is -2.10. The van der Waals surface area contributed by atoms with Gasteiger partial charge in [0.05, 0.1) is 5.38 Å². The predicted octanol–water partition coefficient (Wildman–Crippen LogP) is 2.52. The number of halogens is 1. The van der Waals surface area contributed by atoms with Crippen molar-refractivity contribution < 1.29 is 0 Å². The highest BCUT2D eigenvalue weighted by Gasteiger charge is 2.26. The molecule has 0 heterocycles. The third-order valence-corrected chi connectivity index (χ3v) is 2.65. The summed E-state index contributed by atoms with van der Waals surface area (Å²) in [6, 6.07) is 0. The number of alkyl halides is 1. The summed E-state index contributed by atoms with van der Waals surface area (Å²) in [7, 11) is 0. The second kappa shape index (κ2) is 2.28. The Hall–Kier alpha value is -0.490. The van der Waals surface area contributed by atoms with Crippen LogP contribution in [0.15, 0.2) is 36.5 Å². The van der Waals surface area contributed by atoms with Gasteiger partial charge in [0.1, 0.15) is 0 Å². The van der Waals surface area contributed by atoms with Gasteiger partial charge in [-0.05, 0) is 0 Å². The van der Waals surface area contributed by atoms with Crippen molar-refractivity contribution in [2.45, 2.75) is 5.38 Å². The standard InChI is InChI=1S/C9H9Cl/c10-9-7-3-1-2-4-8(9)6-5-7/h1-9H. The van der Waals surface area contributed by atoms with Crippen molar-refractivity contribution in [2.24, 2.45) is 11.8 Å². The van der Waals surface area contributed by atoms with Crippen molar-refractivity contribution in [3.05, 3.63) is 36.5 Å². The smallest absolute Gasteiger partial charge is 0.0530 e. The first kappa shape index (κ1) is 6.23. The van der Waals surface area contributed by atoms with Crippen LogP contribution in [0, 0.1) is 11.8 Å². The molecule has 2 aliphatic carbocycles. The molecule has 0 spiro atoms. The molecule has 2 rings (SSSR count). The Morgan fingerprint density at radius 1 is 0.800 bits per heavy atom. The van der Waals surface area contributed by atoms with Crippen LogP contribution in [0.3, 0.4) is 0 Å². The molecule has 0 aromatic heterocycles. The zero-order valence-corrected chi connectivity index (χ0v) is 6.33. The van der Waals surface area contributed by atoms with E-state index in [1.165, 1.54) is 0 Å². The van der Waals surface area contributed by atoms with E-state index in [-0.39, 0.29) is 5.38 Å². The number of hydrogen-bond acceptors (Lipinski definition) is 0. The third kappa shape index (κ3) is 0.836. The van der Waals surface area contributed by atoms with Gasteiger partial charge in [-0.2, -0.15) is 0 Å². The minimum Gasteiger partial charge on any atom is -0.121 e. The lowest BCUT2D eigenvalue weighted by molar-refractivity contribution is 0.694. The van der Waals surface area contributed by atoms with Gasteiger partial charge < -0.3 is 0 Å². The van der Waals surface area contributed by atoms with Crippen molar-refractivity contribution in [3.63, 3.8) is 0 Å². The van der Waals surface area contributed by atoms with Crippen molar-refractivity contribution in [1.82, 2.24) is 0 Å². The first-order valence-corrected chi connectivity index (χ1v) is 3.99. The van der Waals surface area contributed by atoms with E-state index in [4.69, 9.17) is 11.6 Å². The molecule has 0 fully saturated rings. The molecule has 0 aliphatic heterocycles. The summed E-state index contributed by atoms with van der Waals surface area (Å²) in [5.74, 6) is 0.920. The summed E-state index contributed by atoms with van der Waals surface area (Å²) in [5.41, 5.74) is 0. The molecule has 2 unspecified atom stereocenters.